The minimum Gasteiger partial charge on any atom is -0.494 e. The summed E-state index contributed by atoms with van der Waals surface area (Å²) in [5.74, 6) is 0.269. The molecule has 0 fully saturated rings. The normalized spacial score (nSPS) is 10.9. The van der Waals surface area contributed by atoms with Crippen molar-refractivity contribution in [1.82, 2.24) is 29.9 Å². The lowest BCUT2D eigenvalue weighted by Crippen LogP contribution is -2.02. The van der Waals surface area contributed by atoms with Crippen molar-refractivity contribution in [2.24, 2.45) is 0 Å². The second kappa shape index (κ2) is 7.99. The number of halogens is 1. The highest BCUT2D eigenvalue weighted by Gasteiger charge is 2.12. The number of aromatic amines is 1. The quantitative estimate of drug-likeness (QED) is 0.532. The Hall–Kier alpha value is -3.55. The van der Waals surface area contributed by atoms with Crippen molar-refractivity contribution in [3.8, 4) is 28.4 Å². The molecule has 1 aromatic carbocycles. The number of aryl methyl sites for hydroxylation is 2. The van der Waals surface area contributed by atoms with Crippen molar-refractivity contribution >= 4 is 0 Å². The monoisotopic (exact) mass is 378 g/mol. The fraction of sp³-hybridized carbons (Fsp3) is 0.200. The molecule has 0 saturated carbocycles. The average Bonchev–Trinajstić information content (AvgIpc) is 3.37. The molecule has 0 atom stereocenters. The number of benzene rings is 1. The fourth-order valence-electron chi connectivity index (χ4n) is 2.99. The van der Waals surface area contributed by atoms with Gasteiger partial charge in [0, 0.05) is 24.5 Å². The van der Waals surface area contributed by atoms with Crippen molar-refractivity contribution in [3.05, 3.63) is 66.6 Å². The van der Waals surface area contributed by atoms with Gasteiger partial charge in [-0.25, -0.2) is 4.98 Å². The van der Waals surface area contributed by atoms with Crippen molar-refractivity contribution in [3.63, 3.8) is 0 Å². The lowest BCUT2D eigenvalue weighted by Gasteiger charge is -2.10. The average molecular weight is 378 g/mol. The number of nitrogens with zero attached hydrogens (tertiary/aromatic N) is 5. The van der Waals surface area contributed by atoms with E-state index < -0.39 is 5.95 Å². The van der Waals surface area contributed by atoms with Gasteiger partial charge in [0.1, 0.15) is 17.1 Å². The summed E-state index contributed by atoms with van der Waals surface area (Å²) in [6.07, 6.45) is 6.12. The van der Waals surface area contributed by atoms with Crippen LogP contribution in [0, 0.1) is 5.95 Å². The first kappa shape index (κ1) is 17.8. The topological polar surface area (TPSA) is 81.5 Å². The lowest BCUT2D eigenvalue weighted by molar-refractivity contribution is 0.336. The number of imidazole rings is 1. The van der Waals surface area contributed by atoms with Gasteiger partial charge in [-0.1, -0.05) is 18.2 Å². The second-order valence-electron chi connectivity index (χ2n) is 6.18. The molecule has 142 valence electrons. The number of para-hydroxylation sites is 1. The van der Waals surface area contributed by atoms with Gasteiger partial charge >= 0.3 is 0 Å². The van der Waals surface area contributed by atoms with Crippen LogP contribution in [0.2, 0.25) is 0 Å². The van der Waals surface area contributed by atoms with Crippen molar-refractivity contribution < 1.29 is 9.13 Å². The number of ether oxygens (including phenoxy) is 1. The van der Waals surface area contributed by atoms with Gasteiger partial charge in [-0.15, -0.1) is 5.10 Å². The summed E-state index contributed by atoms with van der Waals surface area (Å²) < 4.78 is 21.3. The molecule has 0 bridgehead atoms. The Morgan fingerprint density at radius 2 is 2.00 bits per heavy atom. The molecule has 3 aromatic heterocycles. The minimum atomic E-state index is -0.643. The van der Waals surface area contributed by atoms with Crippen LogP contribution in [0.3, 0.4) is 0 Å². The molecule has 0 aliphatic carbocycles. The van der Waals surface area contributed by atoms with Crippen LogP contribution in [0.15, 0.2) is 55.1 Å². The Balaban J connectivity index is 1.50. The van der Waals surface area contributed by atoms with E-state index in [0.717, 1.165) is 24.3 Å². The Morgan fingerprint density at radius 3 is 2.82 bits per heavy atom. The zero-order valence-corrected chi connectivity index (χ0v) is 15.3. The molecule has 0 radical (unpaired) electrons. The van der Waals surface area contributed by atoms with Crippen molar-refractivity contribution in [2.45, 2.75) is 19.9 Å². The van der Waals surface area contributed by atoms with E-state index in [-0.39, 0.29) is 5.69 Å². The summed E-state index contributed by atoms with van der Waals surface area (Å²) in [7, 11) is 0. The molecule has 0 spiro atoms. The Morgan fingerprint density at radius 1 is 1.11 bits per heavy atom. The highest BCUT2D eigenvalue weighted by molar-refractivity contribution is 5.65. The Bertz CT molecular complexity index is 1070. The predicted molar refractivity (Wildman–Crippen MR) is 102 cm³/mol. The Labute approximate surface area is 161 Å². The van der Waals surface area contributed by atoms with E-state index in [1.807, 2.05) is 35.9 Å². The van der Waals surface area contributed by atoms with E-state index in [9.17, 15) is 4.39 Å². The largest absolute Gasteiger partial charge is 0.494 e. The molecule has 1 N–H and O–H groups in total. The van der Waals surface area contributed by atoms with Crippen LogP contribution in [0.1, 0.15) is 12.5 Å². The zero-order valence-electron chi connectivity index (χ0n) is 15.3. The van der Waals surface area contributed by atoms with Gasteiger partial charge in [0.05, 0.1) is 18.6 Å². The predicted octanol–water partition coefficient (Wildman–Crippen LogP) is 3.51. The number of hydrogen-bond acceptors (Lipinski definition) is 5. The summed E-state index contributed by atoms with van der Waals surface area (Å²) >= 11 is 0. The molecule has 0 amide bonds. The SMILES string of the molecule is CCOc1ccccc1CCn1cnc(-c2cc(-c3n[nH]nc3F)ccn2)c1. The van der Waals surface area contributed by atoms with E-state index in [1.54, 1.807) is 24.7 Å². The maximum Gasteiger partial charge on any atom is 0.260 e. The van der Waals surface area contributed by atoms with Crippen molar-refractivity contribution in [2.75, 3.05) is 6.61 Å². The number of H-pyrrole nitrogens is 1. The van der Waals surface area contributed by atoms with Crippen LogP contribution in [-0.2, 0) is 13.0 Å². The molecule has 8 heteroatoms. The summed E-state index contributed by atoms with van der Waals surface area (Å²) in [4.78, 5) is 8.78. The second-order valence-corrected chi connectivity index (χ2v) is 6.18. The van der Waals surface area contributed by atoms with Gasteiger partial charge in [0.2, 0.25) is 0 Å². The van der Waals surface area contributed by atoms with Crippen LogP contribution in [0.25, 0.3) is 22.6 Å². The zero-order chi connectivity index (χ0) is 19.3. The number of hydrogen-bond donors (Lipinski definition) is 1. The molecule has 0 unspecified atom stereocenters. The van der Waals surface area contributed by atoms with Crippen LogP contribution in [-0.4, -0.2) is 36.6 Å². The Kier molecular flexibility index (Phi) is 5.09. The lowest BCUT2D eigenvalue weighted by atomic mass is 10.1. The highest BCUT2D eigenvalue weighted by Crippen LogP contribution is 2.24. The third-order valence-electron chi connectivity index (χ3n) is 4.35. The van der Waals surface area contributed by atoms with E-state index in [1.165, 1.54) is 0 Å². The van der Waals surface area contributed by atoms with Gasteiger partial charge in [-0.05, 0) is 37.1 Å². The van der Waals surface area contributed by atoms with Crippen LogP contribution >= 0.6 is 0 Å². The molecular formula is C20H19FN6O. The van der Waals surface area contributed by atoms with E-state index in [0.29, 0.717) is 23.6 Å². The fourth-order valence-corrected chi connectivity index (χ4v) is 2.99. The standard InChI is InChI=1S/C20H19FN6O/c1-2-28-18-6-4-3-5-14(18)8-10-27-12-17(23-13-27)16-11-15(7-9-22-16)19-20(21)25-26-24-19/h3-7,9,11-13H,2,8,10H2,1H3,(H,24,25,26). The molecule has 3 heterocycles. The van der Waals surface area contributed by atoms with Gasteiger partial charge in [0.15, 0.2) is 0 Å². The first-order valence-electron chi connectivity index (χ1n) is 9.00. The molecule has 4 rings (SSSR count). The maximum atomic E-state index is 13.7. The number of rotatable bonds is 7. The maximum absolute atomic E-state index is 13.7. The molecular weight excluding hydrogens is 359 g/mol. The minimum absolute atomic E-state index is 0.163. The third-order valence-corrected chi connectivity index (χ3v) is 4.35. The van der Waals surface area contributed by atoms with Gasteiger partial charge in [-0.2, -0.15) is 14.7 Å². The smallest absolute Gasteiger partial charge is 0.260 e. The molecule has 4 aromatic rings. The van der Waals surface area contributed by atoms with E-state index in [4.69, 9.17) is 4.74 Å². The first-order valence-corrected chi connectivity index (χ1v) is 9.00. The number of pyridine rings is 1. The van der Waals surface area contributed by atoms with Gasteiger partial charge in [0.25, 0.3) is 5.95 Å². The summed E-state index contributed by atoms with van der Waals surface area (Å²) in [5.41, 5.74) is 3.27. The molecule has 0 saturated heterocycles. The van der Waals surface area contributed by atoms with Crippen molar-refractivity contribution in [1.29, 1.82) is 0 Å². The van der Waals surface area contributed by atoms with E-state index in [2.05, 4.69) is 31.4 Å². The van der Waals surface area contributed by atoms with Crippen LogP contribution in [0.5, 0.6) is 5.75 Å². The third kappa shape index (κ3) is 3.75. The molecule has 7 nitrogen and oxygen atoms in total. The first-order chi connectivity index (χ1) is 13.7. The van der Waals surface area contributed by atoms with E-state index >= 15 is 0 Å². The van der Waals surface area contributed by atoms with Gasteiger partial charge < -0.3 is 9.30 Å². The molecule has 28 heavy (non-hydrogen) atoms. The summed E-state index contributed by atoms with van der Waals surface area (Å²) in [6.45, 7) is 3.38. The van der Waals surface area contributed by atoms with Crippen LogP contribution in [0.4, 0.5) is 4.39 Å². The van der Waals surface area contributed by atoms with Crippen LogP contribution < -0.4 is 4.74 Å². The number of nitrogens with one attached hydrogen (secondary N) is 1. The van der Waals surface area contributed by atoms with Gasteiger partial charge in [-0.3, -0.25) is 4.98 Å². The summed E-state index contributed by atoms with van der Waals surface area (Å²) in [5, 5.41) is 9.54. The number of aromatic nitrogens is 6. The molecule has 0 aliphatic rings. The molecule has 0 aliphatic heterocycles. The highest BCUT2D eigenvalue weighted by atomic mass is 19.1. The summed E-state index contributed by atoms with van der Waals surface area (Å²) in [6, 6.07) is 11.5.